The number of ketones is 1. The van der Waals surface area contributed by atoms with Crippen molar-refractivity contribution >= 4 is 11.8 Å². The van der Waals surface area contributed by atoms with Crippen LogP contribution in [0, 0.1) is 17.8 Å². The van der Waals surface area contributed by atoms with Crippen molar-refractivity contribution in [3.8, 4) is 0 Å². The molecular weight excluding hydrogens is 192 g/mol. The van der Waals surface area contributed by atoms with Crippen LogP contribution in [0.1, 0.15) is 26.7 Å². The monoisotopic (exact) mass is 210 g/mol. The van der Waals surface area contributed by atoms with E-state index in [0.717, 1.165) is 6.42 Å². The van der Waals surface area contributed by atoms with Gasteiger partial charge in [-0.3, -0.25) is 9.59 Å². The molecule has 0 aromatic rings. The quantitative estimate of drug-likeness (QED) is 0.406. The number of methoxy groups -OCH3 is 1. The van der Waals surface area contributed by atoms with Gasteiger partial charge in [-0.05, 0) is 25.2 Å². The molecule has 0 spiro atoms. The Hall–Kier alpha value is -1.12. The Morgan fingerprint density at radius 1 is 1.60 bits per heavy atom. The number of hydrogen-bond donors (Lipinski definition) is 0. The molecule has 1 fully saturated rings. The van der Waals surface area contributed by atoms with Crippen molar-refractivity contribution in [3.63, 3.8) is 0 Å². The summed E-state index contributed by atoms with van der Waals surface area (Å²) < 4.78 is 4.68. The van der Waals surface area contributed by atoms with Crippen LogP contribution in [0.25, 0.3) is 0 Å². The SMILES string of the molecule is C/C=C/[C@@H](C)[C@H]1CCC(=O)[C@@H]1C(=O)OC. The molecule has 1 rings (SSSR count). The van der Waals surface area contributed by atoms with Gasteiger partial charge in [0.25, 0.3) is 0 Å². The molecule has 3 nitrogen and oxygen atoms in total. The summed E-state index contributed by atoms with van der Waals surface area (Å²) in [5.41, 5.74) is 0. The molecule has 0 unspecified atom stereocenters. The molecule has 0 bridgehead atoms. The van der Waals surface area contributed by atoms with E-state index in [9.17, 15) is 9.59 Å². The molecule has 0 aromatic carbocycles. The molecule has 0 aliphatic heterocycles. The van der Waals surface area contributed by atoms with Crippen molar-refractivity contribution in [2.24, 2.45) is 17.8 Å². The highest BCUT2D eigenvalue weighted by molar-refractivity contribution is 6.00. The lowest BCUT2D eigenvalue weighted by atomic mass is 9.84. The first-order valence-electron chi connectivity index (χ1n) is 5.35. The van der Waals surface area contributed by atoms with Gasteiger partial charge in [-0.2, -0.15) is 0 Å². The summed E-state index contributed by atoms with van der Waals surface area (Å²) in [5, 5.41) is 0. The van der Waals surface area contributed by atoms with Crippen molar-refractivity contribution in [2.45, 2.75) is 26.7 Å². The maximum absolute atomic E-state index is 11.6. The van der Waals surface area contributed by atoms with E-state index in [1.165, 1.54) is 7.11 Å². The van der Waals surface area contributed by atoms with Crippen LogP contribution in [-0.4, -0.2) is 18.9 Å². The molecule has 0 radical (unpaired) electrons. The summed E-state index contributed by atoms with van der Waals surface area (Å²) >= 11 is 0. The largest absolute Gasteiger partial charge is 0.468 e. The van der Waals surface area contributed by atoms with Gasteiger partial charge >= 0.3 is 5.97 Å². The van der Waals surface area contributed by atoms with E-state index >= 15 is 0 Å². The summed E-state index contributed by atoms with van der Waals surface area (Å²) in [4.78, 5) is 23.0. The van der Waals surface area contributed by atoms with Gasteiger partial charge in [0.2, 0.25) is 0 Å². The molecule has 0 heterocycles. The minimum absolute atomic E-state index is 0.0307. The first kappa shape index (κ1) is 12.0. The predicted molar refractivity (Wildman–Crippen MR) is 57.2 cm³/mol. The number of hydrogen-bond acceptors (Lipinski definition) is 3. The van der Waals surface area contributed by atoms with Crippen LogP contribution in [0.3, 0.4) is 0 Å². The summed E-state index contributed by atoms with van der Waals surface area (Å²) in [6.45, 7) is 3.99. The number of carbonyl (C=O) groups excluding carboxylic acids is 2. The van der Waals surface area contributed by atoms with Gasteiger partial charge in [0.1, 0.15) is 11.7 Å². The zero-order valence-corrected chi connectivity index (χ0v) is 9.53. The standard InChI is InChI=1S/C12H18O3/c1-4-5-8(2)9-6-7-10(13)11(9)12(14)15-3/h4-5,8-9,11H,6-7H2,1-3H3/b5-4+/t8-,9-,11-/m1/s1. The fraction of sp³-hybridized carbons (Fsp3) is 0.667. The minimum atomic E-state index is -0.541. The molecule has 3 atom stereocenters. The predicted octanol–water partition coefficient (Wildman–Crippen LogP) is 1.97. The topological polar surface area (TPSA) is 43.4 Å². The number of Topliss-reactive ketones (excluding diaryl/α,β-unsaturated/α-hetero) is 1. The lowest BCUT2D eigenvalue weighted by Gasteiger charge is -2.20. The van der Waals surface area contributed by atoms with Gasteiger partial charge in [-0.15, -0.1) is 0 Å². The third-order valence-corrected chi connectivity index (χ3v) is 3.13. The molecule has 84 valence electrons. The Balaban J connectivity index is 2.80. The van der Waals surface area contributed by atoms with Crippen molar-refractivity contribution in [2.75, 3.05) is 7.11 Å². The van der Waals surface area contributed by atoms with Crippen molar-refractivity contribution in [1.82, 2.24) is 0 Å². The number of carbonyl (C=O) groups is 2. The summed E-state index contributed by atoms with van der Waals surface area (Å²) in [6, 6.07) is 0. The Morgan fingerprint density at radius 2 is 2.27 bits per heavy atom. The second-order valence-electron chi connectivity index (χ2n) is 4.05. The van der Waals surface area contributed by atoms with E-state index in [0.29, 0.717) is 6.42 Å². The number of allylic oxidation sites excluding steroid dienone is 2. The first-order valence-corrected chi connectivity index (χ1v) is 5.35. The van der Waals surface area contributed by atoms with Crippen LogP contribution in [0.4, 0.5) is 0 Å². The smallest absolute Gasteiger partial charge is 0.316 e. The lowest BCUT2D eigenvalue weighted by molar-refractivity contribution is -0.150. The molecule has 1 aliphatic carbocycles. The second-order valence-corrected chi connectivity index (χ2v) is 4.05. The van der Waals surface area contributed by atoms with E-state index in [2.05, 4.69) is 4.74 Å². The highest BCUT2D eigenvalue weighted by Gasteiger charge is 2.42. The van der Waals surface area contributed by atoms with Gasteiger partial charge in [-0.1, -0.05) is 19.1 Å². The van der Waals surface area contributed by atoms with Gasteiger partial charge in [0, 0.05) is 6.42 Å². The molecule has 0 amide bonds. The summed E-state index contributed by atoms with van der Waals surface area (Å²) in [5.74, 6) is -0.519. The molecule has 1 saturated carbocycles. The number of ether oxygens (including phenoxy) is 1. The highest BCUT2D eigenvalue weighted by Crippen LogP contribution is 2.35. The van der Waals surface area contributed by atoms with Crippen LogP contribution in [-0.2, 0) is 14.3 Å². The van der Waals surface area contributed by atoms with Gasteiger partial charge in [-0.25, -0.2) is 0 Å². The molecule has 3 heteroatoms. The van der Waals surface area contributed by atoms with Gasteiger partial charge < -0.3 is 4.74 Å². The fourth-order valence-corrected chi connectivity index (χ4v) is 2.32. The lowest BCUT2D eigenvalue weighted by Crippen LogP contribution is -2.29. The Morgan fingerprint density at radius 3 is 2.80 bits per heavy atom. The minimum Gasteiger partial charge on any atom is -0.468 e. The third-order valence-electron chi connectivity index (χ3n) is 3.13. The normalized spacial score (nSPS) is 28.3. The number of esters is 1. The van der Waals surface area contributed by atoms with Gasteiger partial charge in [0.15, 0.2) is 0 Å². The average molecular weight is 210 g/mol. The summed E-state index contributed by atoms with van der Waals surface area (Å²) in [6.07, 6.45) is 5.30. The Labute approximate surface area is 90.5 Å². The maximum atomic E-state index is 11.6. The molecular formula is C12H18O3. The maximum Gasteiger partial charge on any atom is 0.316 e. The Bertz CT molecular complexity index is 281. The molecule has 0 aromatic heterocycles. The third kappa shape index (κ3) is 2.46. The highest BCUT2D eigenvalue weighted by atomic mass is 16.5. The molecule has 0 N–H and O–H groups in total. The first-order chi connectivity index (χ1) is 7.11. The van der Waals surface area contributed by atoms with Gasteiger partial charge in [0.05, 0.1) is 7.11 Å². The van der Waals surface area contributed by atoms with Crippen molar-refractivity contribution in [3.05, 3.63) is 12.2 Å². The summed E-state index contributed by atoms with van der Waals surface area (Å²) in [7, 11) is 1.34. The van der Waals surface area contributed by atoms with Crippen molar-refractivity contribution in [1.29, 1.82) is 0 Å². The van der Waals surface area contributed by atoms with E-state index < -0.39 is 5.92 Å². The zero-order chi connectivity index (χ0) is 11.4. The average Bonchev–Trinajstić information content (AvgIpc) is 2.59. The van der Waals surface area contributed by atoms with E-state index in [-0.39, 0.29) is 23.6 Å². The van der Waals surface area contributed by atoms with E-state index in [1.807, 2.05) is 26.0 Å². The van der Waals surface area contributed by atoms with E-state index in [1.54, 1.807) is 0 Å². The van der Waals surface area contributed by atoms with Crippen LogP contribution in [0.2, 0.25) is 0 Å². The zero-order valence-electron chi connectivity index (χ0n) is 9.53. The second kappa shape index (κ2) is 5.10. The van der Waals surface area contributed by atoms with Crippen LogP contribution >= 0.6 is 0 Å². The van der Waals surface area contributed by atoms with E-state index in [4.69, 9.17) is 0 Å². The van der Waals surface area contributed by atoms with Crippen LogP contribution < -0.4 is 0 Å². The fourth-order valence-electron chi connectivity index (χ4n) is 2.32. The number of rotatable bonds is 3. The van der Waals surface area contributed by atoms with Crippen LogP contribution in [0.5, 0.6) is 0 Å². The molecule has 0 saturated heterocycles. The Kier molecular flexibility index (Phi) is 4.06. The van der Waals surface area contributed by atoms with Crippen LogP contribution in [0.15, 0.2) is 12.2 Å². The molecule has 1 aliphatic rings. The van der Waals surface area contributed by atoms with Crippen molar-refractivity contribution < 1.29 is 14.3 Å². The molecule has 15 heavy (non-hydrogen) atoms.